The maximum atomic E-state index is 5.12. The average molecular weight is 750 g/mol. The van der Waals surface area contributed by atoms with Gasteiger partial charge in [0.1, 0.15) is 0 Å². The number of nitrogens with zero attached hydrogens (tertiary/aromatic N) is 3. The van der Waals surface area contributed by atoms with Crippen molar-refractivity contribution in [2.24, 2.45) is 0 Å². The topological polar surface area (TPSA) is 38.7 Å². The summed E-state index contributed by atoms with van der Waals surface area (Å²) in [5.74, 6) is 2.00. The summed E-state index contributed by atoms with van der Waals surface area (Å²) in [5.41, 5.74) is 10.3. The molecule has 11 rings (SSSR count). The summed E-state index contributed by atoms with van der Waals surface area (Å²) in [7, 11) is 0. The molecule has 0 aliphatic rings. The van der Waals surface area contributed by atoms with Gasteiger partial charge >= 0.3 is 0 Å². The third kappa shape index (κ3) is 5.51. The first-order valence-electron chi connectivity index (χ1n) is 18.7. The van der Waals surface area contributed by atoms with Crippen LogP contribution in [0.25, 0.3) is 108 Å². The molecular weight excluding hydrogens is 719 g/mol. The van der Waals surface area contributed by atoms with Crippen LogP contribution in [0.2, 0.25) is 0 Å². The van der Waals surface area contributed by atoms with E-state index in [-0.39, 0.29) is 0 Å². The molecule has 11 aromatic rings. The van der Waals surface area contributed by atoms with Gasteiger partial charge in [0, 0.05) is 68.2 Å². The Morgan fingerprint density at radius 2 is 0.768 bits per heavy atom. The van der Waals surface area contributed by atoms with Crippen molar-refractivity contribution in [2.75, 3.05) is 0 Å². The maximum Gasteiger partial charge on any atom is 0.165 e. The van der Waals surface area contributed by atoms with Crippen molar-refractivity contribution in [2.45, 2.75) is 0 Å². The number of hydrogen-bond donors (Lipinski definition) is 0. The van der Waals surface area contributed by atoms with E-state index >= 15 is 0 Å². The zero-order valence-electron chi connectivity index (χ0n) is 30.1. The Kier molecular flexibility index (Phi) is 7.87. The Hall–Kier alpha value is -6.79. The molecule has 0 saturated carbocycles. The minimum atomic E-state index is 0.662. The van der Waals surface area contributed by atoms with Gasteiger partial charge in [-0.1, -0.05) is 170 Å². The predicted octanol–water partition coefficient (Wildman–Crippen LogP) is 14.6. The highest BCUT2D eigenvalue weighted by Gasteiger charge is 2.21. The molecule has 0 amide bonds. The zero-order chi connectivity index (χ0) is 37.0. The number of rotatable bonds is 6. The van der Waals surface area contributed by atoms with E-state index in [1.165, 1.54) is 73.7 Å². The van der Waals surface area contributed by atoms with Gasteiger partial charge in [0.15, 0.2) is 17.5 Å². The average Bonchev–Trinajstić information content (AvgIpc) is 3.86. The number of fused-ring (bicyclic) bond motifs is 6. The first-order valence-corrected chi connectivity index (χ1v) is 20.3. The van der Waals surface area contributed by atoms with Crippen LogP contribution < -0.4 is 0 Å². The van der Waals surface area contributed by atoms with Gasteiger partial charge in [0.25, 0.3) is 0 Å². The van der Waals surface area contributed by atoms with Gasteiger partial charge < -0.3 is 0 Å². The van der Waals surface area contributed by atoms with Crippen LogP contribution in [0, 0.1) is 0 Å². The van der Waals surface area contributed by atoms with E-state index in [1.807, 2.05) is 59.1 Å². The second kappa shape index (κ2) is 13.5. The molecule has 0 saturated heterocycles. The molecule has 3 aromatic heterocycles. The SMILES string of the molecule is c1ccc(-c2cccc(-c3ccc(-c4cccc5c4sc4c(-c6nc(-c7ccccc7)nc(-c7ccccc7)n6)cccc45)c4sc5ccccc5c34)c2)cc1. The molecule has 5 heteroatoms. The fourth-order valence-corrected chi connectivity index (χ4v) is 10.5. The molecule has 3 nitrogen and oxygen atoms in total. The number of benzene rings is 8. The highest BCUT2D eigenvalue weighted by Crippen LogP contribution is 2.49. The summed E-state index contributed by atoms with van der Waals surface area (Å²) < 4.78 is 5.02. The van der Waals surface area contributed by atoms with Crippen molar-refractivity contribution in [3.8, 4) is 67.5 Å². The fraction of sp³-hybridized carbons (Fsp3) is 0. The minimum absolute atomic E-state index is 0.662. The summed E-state index contributed by atoms with van der Waals surface area (Å²) in [6.45, 7) is 0. The van der Waals surface area contributed by atoms with Crippen molar-refractivity contribution in [1.82, 2.24) is 15.0 Å². The van der Waals surface area contributed by atoms with Crippen LogP contribution in [0.4, 0.5) is 0 Å². The van der Waals surface area contributed by atoms with Gasteiger partial charge in [-0.2, -0.15) is 0 Å². The van der Waals surface area contributed by atoms with Crippen LogP contribution in [-0.4, -0.2) is 15.0 Å². The third-order valence-electron chi connectivity index (χ3n) is 10.6. The van der Waals surface area contributed by atoms with Gasteiger partial charge in [0.2, 0.25) is 0 Å². The lowest BCUT2D eigenvalue weighted by molar-refractivity contribution is 1.08. The predicted molar refractivity (Wildman–Crippen MR) is 238 cm³/mol. The number of aromatic nitrogens is 3. The summed E-state index contributed by atoms with van der Waals surface area (Å²) in [6, 6.07) is 66.7. The Balaban J connectivity index is 1.11. The van der Waals surface area contributed by atoms with Crippen molar-refractivity contribution in [1.29, 1.82) is 0 Å². The molecule has 0 radical (unpaired) electrons. The summed E-state index contributed by atoms with van der Waals surface area (Å²) >= 11 is 3.71. The third-order valence-corrected chi connectivity index (χ3v) is 13.1. The monoisotopic (exact) mass is 749 g/mol. The fourth-order valence-electron chi connectivity index (χ4n) is 7.92. The lowest BCUT2D eigenvalue weighted by atomic mass is 9.93. The molecule has 3 heterocycles. The van der Waals surface area contributed by atoms with Crippen LogP contribution in [0.3, 0.4) is 0 Å². The van der Waals surface area contributed by atoms with Gasteiger partial charge in [-0.15, -0.1) is 22.7 Å². The Morgan fingerprint density at radius 3 is 1.46 bits per heavy atom. The second-order valence-corrected chi connectivity index (χ2v) is 16.0. The second-order valence-electron chi connectivity index (χ2n) is 13.9. The standard InChI is InChI=1S/C51H31N3S2/c1-4-15-32(16-5-1)35-21-12-22-36(31-35)37-29-30-41(48-45(37)42-23-10-11-28-44(42)55-48)40-25-13-24-38-39-26-14-27-43(47(39)56-46(38)40)51-53-49(33-17-6-2-7-18-33)52-50(54-51)34-19-8-3-9-20-34/h1-31H. The Morgan fingerprint density at radius 1 is 0.286 bits per heavy atom. The van der Waals surface area contributed by atoms with Crippen molar-refractivity contribution in [3.63, 3.8) is 0 Å². The van der Waals surface area contributed by atoms with Crippen LogP contribution in [0.1, 0.15) is 0 Å². The minimum Gasteiger partial charge on any atom is -0.208 e. The smallest absolute Gasteiger partial charge is 0.165 e. The molecule has 0 atom stereocenters. The van der Waals surface area contributed by atoms with Gasteiger partial charge in [-0.25, -0.2) is 15.0 Å². The number of thiophene rings is 2. The highest BCUT2D eigenvalue weighted by molar-refractivity contribution is 7.27. The van der Waals surface area contributed by atoms with E-state index in [2.05, 4.69) is 152 Å². The zero-order valence-corrected chi connectivity index (χ0v) is 31.7. The molecule has 0 unspecified atom stereocenters. The molecule has 0 aliphatic heterocycles. The van der Waals surface area contributed by atoms with E-state index < -0.39 is 0 Å². The summed E-state index contributed by atoms with van der Waals surface area (Å²) in [5, 5.41) is 5.03. The lowest BCUT2D eigenvalue weighted by Crippen LogP contribution is -2.00. The normalized spacial score (nSPS) is 11.6. The van der Waals surface area contributed by atoms with Crippen LogP contribution in [0.5, 0.6) is 0 Å². The van der Waals surface area contributed by atoms with E-state index in [9.17, 15) is 0 Å². The molecule has 0 bridgehead atoms. The van der Waals surface area contributed by atoms with Crippen LogP contribution >= 0.6 is 22.7 Å². The molecule has 0 spiro atoms. The molecule has 0 fully saturated rings. The maximum absolute atomic E-state index is 5.12. The molecular formula is C51H31N3S2. The molecule has 56 heavy (non-hydrogen) atoms. The summed E-state index contributed by atoms with van der Waals surface area (Å²) in [6.07, 6.45) is 0. The first kappa shape index (κ1) is 32.6. The van der Waals surface area contributed by atoms with E-state index in [4.69, 9.17) is 15.0 Å². The van der Waals surface area contributed by atoms with E-state index in [0.29, 0.717) is 17.5 Å². The van der Waals surface area contributed by atoms with Gasteiger partial charge in [0.05, 0.1) is 0 Å². The van der Waals surface area contributed by atoms with E-state index in [0.717, 1.165) is 16.7 Å². The molecule has 262 valence electrons. The van der Waals surface area contributed by atoms with E-state index in [1.54, 1.807) is 0 Å². The molecule has 0 N–H and O–H groups in total. The van der Waals surface area contributed by atoms with Crippen molar-refractivity contribution < 1.29 is 0 Å². The summed E-state index contributed by atoms with van der Waals surface area (Å²) in [4.78, 5) is 15.2. The van der Waals surface area contributed by atoms with Crippen LogP contribution in [-0.2, 0) is 0 Å². The quantitative estimate of drug-likeness (QED) is 0.170. The lowest BCUT2D eigenvalue weighted by Gasteiger charge is -2.12. The van der Waals surface area contributed by atoms with Gasteiger partial charge in [-0.3, -0.25) is 0 Å². The molecule has 8 aromatic carbocycles. The molecule has 0 aliphatic carbocycles. The largest absolute Gasteiger partial charge is 0.208 e. The number of hydrogen-bond acceptors (Lipinski definition) is 5. The van der Waals surface area contributed by atoms with Crippen LogP contribution in [0.15, 0.2) is 188 Å². The van der Waals surface area contributed by atoms with Gasteiger partial charge in [-0.05, 0) is 40.5 Å². The Labute approximate surface area is 331 Å². The first-order chi connectivity index (χ1) is 27.8. The van der Waals surface area contributed by atoms with Crippen molar-refractivity contribution >= 4 is 63.0 Å². The highest BCUT2D eigenvalue weighted by atomic mass is 32.1. The Bertz CT molecular complexity index is 3180. The van der Waals surface area contributed by atoms with Crippen molar-refractivity contribution in [3.05, 3.63) is 188 Å².